The molecule has 1 atom stereocenters. The number of benzene rings is 1. The van der Waals surface area contributed by atoms with Crippen molar-refractivity contribution in [3.05, 3.63) is 34.9 Å². The van der Waals surface area contributed by atoms with E-state index in [9.17, 15) is 8.42 Å². The van der Waals surface area contributed by atoms with E-state index in [1.165, 1.54) is 17.4 Å². The predicted molar refractivity (Wildman–Crippen MR) is 71.8 cm³/mol. The van der Waals surface area contributed by atoms with Crippen LogP contribution in [0.5, 0.6) is 0 Å². The molecule has 0 aliphatic heterocycles. The second-order valence-corrected chi connectivity index (χ2v) is 7.00. The molecule has 0 aliphatic carbocycles. The minimum Gasteiger partial charge on any atom is -0.324 e. The zero-order valence-electron chi connectivity index (χ0n) is 10.7. The zero-order chi connectivity index (χ0) is 13.1. The van der Waals surface area contributed by atoms with E-state index in [-0.39, 0.29) is 11.8 Å². The Labute approximate surface area is 104 Å². The maximum atomic E-state index is 11.0. The van der Waals surface area contributed by atoms with Gasteiger partial charge in [0.1, 0.15) is 9.84 Å². The van der Waals surface area contributed by atoms with Gasteiger partial charge in [0, 0.05) is 18.1 Å². The summed E-state index contributed by atoms with van der Waals surface area (Å²) in [6.07, 6.45) is 2.58. The van der Waals surface area contributed by atoms with Crippen LogP contribution in [0.25, 0.3) is 0 Å². The molecule has 2 N–H and O–H groups in total. The van der Waals surface area contributed by atoms with E-state index >= 15 is 0 Å². The van der Waals surface area contributed by atoms with Gasteiger partial charge < -0.3 is 5.73 Å². The molecule has 0 bridgehead atoms. The third-order valence-corrected chi connectivity index (χ3v) is 3.89. The molecule has 4 heteroatoms. The summed E-state index contributed by atoms with van der Waals surface area (Å²) >= 11 is 0. The number of hydrogen-bond acceptors (Lipinski definition) is 3. The second kappa shape index (κ2) is 5.65. The van der Waals surface area contributed by atoms with E-state index in [1.54, 1.807) is 0 Å². The molecule has 3 nitrogen and oxygen atoms in total. The van der Waals surface area contributed by atoms with Gasteiger partial charge in [-0.3, -0.25) is 0 Å². The molecule has 0 heterocycles. The smallest absolute Gasteiger partial charge is 0.147 e. The highest BCUT2D eigenvalue weighted by atomic mass is 32.2. The predicted octanol–water partition coefficient (Wildman–Crippen LogP) is 2.13. The van der Waals surface area contributed by atoms with Gasteiger partial charge in [-0.05, 0) is 37.8 Å². The van der Waals surface area contributed by atoms with E-state index in [0.717, 1.165) is 5.56 Å². The van der Waals surface area contributed by atoms with Gasteiger partial charge in [0.05, 0.1) is 0 Å². The van der Waals surface area contributed by atoms with Gasteiger partial charge in [0.15, 0.2) is 0 Å². The maximum Gasteiger partial charge on any atom is 0.147 e. The molecule has 0 spiro atoms. The molecule has 0 fully saturated rings. The minimum atomic E-state index is -2.87. The summed E-state index contributed by atoms with van der Waals surface area (Å²) in [7, 11) is -2.87. The Morgan fingerprint density at radius 3 is 2.47 bits per heavy atom. The molecule has 0 aliphatic rings. The Kier molecular flexibility index (Phi) is 4.71. The Hall–Kier alpha value is -0.870. The van der Waals surface area contributed by atoms with Crippen molar-refractivity contribution in [2.45, 2.75) is 32.7 Å². The molecule has 0 amide bonds. The van der Waals surface area contributed by atoms with Gasteiger partial charge in [-0.2, -0.15) is 0 Å². The van der Waals surface area contributed by atoms with Crippen LogP contribution in [-0.2, 0) is 9.84 Å². The first-order valence-electron chi connectivity index (χ1n) is 5.80. The Bertz CT molecular complexity index is 480. The molecule has 0 saturated heterocycles. The molecule has 17 heavy (non-hydrogen) atoms. The van der Waals surface area contributed by atoms with Crippen molar-refractivity contribution >= 4 is 9.84 Å². The van der Waals surface area contributed by atoms with E-state index < -0.39 is 9.84 Å². The topological polar surface area (TPSA) is 60.2 Å². The van der Waals surface area contributed by atoms with Gasteiger partial charge >= 0.3 is 0 Å². The first-order valence-corrected chi connectivity index (χ1v) is 7.86. The molecule has 0 aromatic heterocycles. The van der Waals surface area contributed by atoms with Crippen LogP contribution in [0.4, 0.5) is 0 Å². The van der Waals surface area contributed by atoms with Crippen LogP contribution in [0.2, 0.25) is 0 Å². The van der Waals surface area contributed by atoms with Crippen LogP contribution in [0, 0.1) is 13.8 Å². The average Bonchev–Trinajstić information content (AvgIpc) is 2.15. The van der Waals surface area contributed by atoms with E-state index in [0.29, 0.717) is 12.8 Å². The van der Waals surface area contributed by atoms with Crippen molar-refractivity contribution in [2.24, 2.45) is 5.73 Å². The first-order chi connectivity index (χ1) is 7.79. The number of hydrogen-bond donors (Lipinski definition) is 1. The highest BCUT2D eigenvalue weighted by Gasteiger charge is 2.10. The van der Waals surface area contributed by atoms with Crippen molar-refractivity contribution < 1.29 is 8.42 Å². The van der Waals surface area contributed by atoms with Gasteiger partial charge in [-0.25, -0.2) is 8.42 Å². The van der Waals surface area contributed by atoms with Crippen molar-refractivity contribution in [1.82, 2.24) is 0 Å². The van der Waals surface area contributed by atoms with Crippen molar-refractivity contribution in [3.8, 4) is 0 Å². The van der Waals surface area contributed by atoms with Gasteiger partial charge in [-0.1, -0.05) is 23.8 Å². The van der Waals surface area contributed by atoms with Crippen LogP contribution in [-0.4, -0.2) is 20.4 Å². The molecule has 0 radical (unpaired) electrons. The highest BCUT2D eigenvalue weighted by molar-refractivity contribution is 7.90. The molecular formula is C13H21NO2S. The Morgan fingerprint density at radius 1 is 1.29 bits per heavy atom. The fourth-order valence-electron chi connectivity index (χ4n) is 1.96. The summed E-state index contributed by atoms with van der Waals surface area (Å²) in [5.41, 5.74) is 9.59. The lowest BCUT2D eigenvalue weighted by molar-refractivity contribution is 0.587. The number of aryl methyl sites for hydroxylation is 2. The molecule has 96 valence electrons. The van der Waals surface area contributed by atoms with Crippen molar-refractivity contribution in [1.29, 1.82) is 0 Å². The fourth-order valence-corrected chi connectivity index (χ4v) is 2.65. The summed E-state index contributed by atoms with van der Waals surface area (Å²) in [5.74, 6) is 0.214. The number of rotatable bonds is 5. The van der Waals surface area contributed by atoms with Gasteiger partial charge in [-0.15, -0.1) is 0 Å². The summed E-state index contributed by atoms with van der Waals surface area (Å²) in [4.78, 5) is 0. The monoisotopic (exact) mass is 255 g/mol. The third kappa shape index (κ3) is 4.88. The van der Waals surface area contributed by atoms with E-state index in [4.69, 9.17) is 5.73 Å². The standard InChI is InChI=1S/C13H21NO2S/c1-10-6-7-12(11(2)9-10)13(14)5-4-8-17(3,15)16/h6-7,9,13H,4-5,8,14H2,1-3H3. The average molecular weight is 255 g/mol. The molecular weight excluding hydrogens is 234 g/mol. The largest absolute Gasteiger partial charge is 0.324 e. The van der Waals surface area contributed by atoms with Crippen LogP contribution in [0.1, 0.15) is 35.6 Å². The van der Waals surface area contributed by atoms with Crippen LogP contribution in [0.15, 0.2) is 18.2 Å². The minimum absolute atomic E-state index is 0.0719. The first kappa shape index (κ1) is 14.2. The maximum absolute atomic E-state index is 11.0. The lowest BCUT2D eigenvalue weighted by Gasteiger charge is -2.15. The summed E-state index contributed by atoms with van der Waals surface area (Å²) in [5, 5.41) is 0. The molecule has 1 aromatic carbocycles. The lowest BCUT2D eigenvalue weighted by atomic mass is 9.97. The molecule has 1 aromatic rings. The molecule has 1 unspecified atom stereocenters. The molecule has 1 rings (SSSR count). The van der Waals surface area contributed by atoms with Crippen LogP contribution in [0.3, 0.4) is 0 Å². The summed E-state index contributed by atoms with van der Waals surface area (Å²) < 4.78 is 22.0. The van der Waals surface area contributed by atoms with Crippen molar-refractivity contribution in [3.63, 3.8) is 0 Å². The summed E-state index contributed by atoms with van der Waals surface area (Å²) in [6.45, 7) is 4.09. The number of nitrogens with two attached hydrogens (primary N) is 1. The quantitative estimate of drug-likeness (QED) is 0.876. The van der Waals surface area contributed by atoms with E-state index in [1.807, 2.05) is 26.0 Å². The van der Waals surface area contributed by atoms with Gasteiger partial charge in [0.2, 0.25) is 0 Å². The van der Waals surface area contributed by atoms with Crippen LogP contribution < -0.4 is 5.73 Å². The lowest BCUT2D eigenvalue weighted by Crippen LogP contribution is -2.14. The molecule has 0 saturated carbocycles. The zero-order valence-corrected chi connectivity index (χ0v) is 11.5. The second-order valence-electron chi connectivity index (χ2n) is 4.74. The SMILES string of the molecule is Cc1ccc(C(N)CCCS(C)(=O)=O)c(C)c1. The Morgan fingerprint density at radius 2 is 1.94 bits per heavy atom. The van der Waals surface area contributed by atoms with Crippen molar-refractivity contribution in [2.75, 3.05) is 12.0 Å². The Balaban J connectivity index is 2.61. The van der Waals surface area contributed by atoms with E-state index in [2.05, 4.69) is 6.07 Å². The number of sulfone groups is 1. The van der Waals surface area contributed by atoms with Crippen LogP contribution >= 0.6 is 0 Å². The fraction of sp³-hybridized carbons (Fsp3) is 0.538. The highest BCUT2D eigenvalue weighted by Crippen LogP contribution is 2.20. The third-order valence-electron chi connectivity index (χ3n) is 2.86. The summed E-state index contributed by atoms with van der Waals surface area (Å²) in [6, 6.07) is 6.11. The normalized spacial score (nSPS) is 13.6. The van der Waals surface area contributed by atoms with Gasteiger partial charge in [0.25, 0.3) is 0 Å².